The number of amides is 1. The van der Waals surface area contributed by atoms with Crippen molar-refractivity contribution in [1.82, 2.24) is 4.98 Å². The molecule has 0 aliphatic rings. The van der Waals surface area contributed by atoms with E-state index in [0.717, 1.165) is 5.56 Å². The molecule has 4 heteroatoms. The lowest BCUT2D eigenvalue weighted by Crippen LogP contribution is -1.99. The van der Waals surface area contributed by atoms with E-state index in [0.29, 0.717) is 16.8 Å². The molecule has 0 bridgehead atoms. The van der Waals surface area contributed by atoms with Crippen molar-refractivity contribution in [3.05, 3.63) is 22.3 Å². The first-order chi connectivity index (χ1) is 5.24. The second-order valence-electron chi connectivity index (χ2n) is 2.06. The fourth-order valence-corrected chi connectivity index (χ4v) is 1.02. The second kappa shape index (κ2) is 3.48. The molecule has 0 saturated heterocycles. The quantitative estimate of drug-likeness (QED) is 0.602. The van der Waals surface area contributed by atoms with Crippen LogP contribution in [0.2, 0.25) is 0 Å². The third-order valence-electron chi connectivity index (χ3n) is 1.26. The van der Waals surface area contributed by atoms with Crippen molar-refractivity contribution in [1.29, 1.82) is 0 Å². The van der Waals surface area contributed by atoms with E-state index >= 15 is 0 Å². The highest BCUT2D eigenvalue weighted by atomic mass is 79.9. The van der Waals surface area contributed by atoms with Crippen LogP contribution in [0.4, 0.5) is 5.82 Å². The van der Waals surface area contributed by atoms with Crippen molar-refractivity contribution in [2.45, 2.75) is 6.92 Å². The van der Waals surface area contributed by atoms with Gasteiger partial charge < -0.3 is 5.32 Å². The molecular formula is C7H7BrN2O. The van der Waals surface area contributed by atoms with Gasteiger partial charge in [-0.15, -0.1) is 0 Å². The molecule has 1 amide bonds. The largest absolute Gasteiger partial charge is 0.313 e. The molecule has 0 saturated carbocycles. The molecule has 0 aliphatic carbocycles. The fourth-order valence-electron chi connectivity index (χ4n) is 0.707. The van der Waals surface area contributed by atoms with Gasteiger partial charge in [0.05, 0.1) is 0 Å². The Balaban J connectivity index is 3.01. The summed E-state index contributed by atoms with van der Waals surface area (Å²) < 4.78 is 0.715. The lowest BCUT2D eigenvalue weighted by molar-refractivity contribution is -0.105. The molecule has 1 aromatic rings. The number of halogens is 1. The summed E-state index contributed by atoms with van der Waals surface area (Å²) in [6.45, 7) is 1.88. The van der Waals surface area contributed by atoms with Gasteiger partial charge >= 0.3 is 0 Å². The van der Waals surface area contributed by atoms with Crippen LogP contribution in [-0.4, -0.2) is 11.4 Å². The molecule has 0 spiro atoms. The third kappa shape index (κ3) is 2.01. The van der Waals surface area contributed by atoms with E-state index in [9.17, 15) is 4.79 Å². The van der Waals surface area contributed by atoms with Gasteiger partial charge in [-0.25, -0.2) is 4.98 Å². The Morgan fingerprint density at radius 1 is 1.64 bits per heavy atom. The highest BCUT2D eigenvalue weighted by molar-refractivity contribution is 9.10. The second-order valence-corrected chi connectivity index (χ2v) is 2.87. The zero-order valence-electron chi connectivity index (χ0n) is 5.97. The van der Waals surface area contributed by atoms with Crippen LogP contribution in [0.3, 0.4) is 0 Å². The first kappa shape index (κ1) is 8.20. The highest BCUT2D eigenvalue weighted by Gasteiger charge is 1.97. The molecule has 1 N–H and O–H groups in total. The Hall–Kier alpha value is -0.900. The van der Waals surface area contributed by atoms with Crippen LogP contribution in [-0.2, 0) is 4.79 Å². The van der Waals surface area contributed by atoms with Gasteiger partial charge in [0.1, 0.15) is 10.4 Å². The maximum atomic E-state index is 10.1. The van der Waals surface area contributed by atoms with E-state index in [4.69, 9.17) is 0 Å². The molecule has 1 aromatic heterocycles. The average molecular weight is 215 g/mol. The van der Waals surface area contributed by atoms with Gasteiger partial charge in [0.15, 0.2) is 0 Å². The normalized spacial score (nSPS) is 9.27. The van der Waals surface area contributed by atoms with Crippen LogP contribution in [0.5, 0.6) is 0 Å². The Bertz CT molecular complexity index is 275. The van der Waals surface area contributed by atoms with Crippen LogP contribution in [0.1, 0.15) is 5.56 Å². The summed E-state index contributed by atoms with van der Waals surface area (Å²) in [4.78, 5) is 14.1. The number of carbonyl (C=O) groups is 1. The van der Waals surface area contributed by atoms with Crippen molar-refractivity contribution in [3.63, 3.8) is 0 Å². The zero-order valence-corrected chi connectivity index (χ0v) is 7.55. The SMILES string of the molecule is Cc1ccc(Br)nc1NC=O. The van der Waals surface area contributed by atoms with Gasteiger partial charge in [0.2, 0.25) is 6.41 Å². The summed E-state index contributed by atoms with van der Waals surface area (Å²) in [5.41, 5.74) is 0.945. The summed E-state index contributed by atoms with van der Waals surface area (Å²) in [5, 5.41) is 2.49. The Labute approximate surface area is 73.0 Å². The maximum absolute atomic E-state index is 10.1. The van der Waals surface area contributed by atoms with Crippen LogP contribution in [0.15, 0.2) is 16.7 Å². The van der Waals surface area contributed by atoms with E-state index in [1.54, 1.807) is 0 Å². The summed E-state index contributed by atoms with van der Waals surface area (Å²) in [6, 6.07) is 3.70. The average Bonchev–Trinajstić information content (AvgIpc) is 1.98. The minimum atomic E-state index is 0.592. The van der Waals surface area contributed by atoms with Crippen LogP contribution in [0.25, 0.3) is 0 Å². The lowest BCUT2D eigenvalue weighted by Gasteiger charge is -2.01. The molecule has 3 nitrogen and oxygen atoms in total. The minimum absolute atomic E-state index is 0.592. The van der Waals surface area contributed by atoms with Crippen LogP contribution >= 0.6 is 15.9 Å². The van der Waals surface area contributed by atoms with Gasteiger partial charge in [-0.2, -0.15) is 0 Å². The Kier molecular flexibility index (Phi) is 2.59. The summed E-state index contributed by atoms with van der Waals surface area (Å²) >= 11 is 3.20. The smallest absolute Gasteiger partial charge is 0.212 e. The molecule has 0 aliphatic heterocycles. The lowest BCUT2D eigenvalue weighted by atomic mass is 10.3. The van der Waals surface area contributed by atoms with Gasteiger partial charge in [0, 0.05) is 0 Å². The van der Waals surface area contributed by atoms with Crippen molar-refractivity contribution in [2.24, 2.45) is 0 Å². The summed E-state index contributed by atoms with van der Waals surface area (Å²) in [5.74, 6) is 0.592. The number of nitrogens with one attached hydrogen (secondary N) is 1. The fraction of sp³-hybridized carbons (Fsp3) is 0.143. The summed E-state index contributed by atoms with van der Waals surface area (Å²) in [7, 11) is 0. The van der Waals surface area contributed by atoms with Gasteiger partial charge in [0.25, 0.3) is 0 Å². The number of anilines is 1. The zero-order chi connectivity index (χ0) is 8.27. The first-order valence-electron chi connectivity index (χ1n) is 3.07. The molecule has 1 heterocycles. The number of rotatable bonds is 2. The maximum Gasteiger partial charge on any atom is 0.212 e. The molecule has 0 fully saturated rings. The van der Waals surface area contributed by atoms with E-state index in [2.05, 4.69) is 26.2 Å². The Morgan fingerprint density at radius 2 is 2.36 bits per heavy atom. The van der Waals surface area contributed by atoms with Crippen LogP contribution in [0, 0.1) is 6.92 Å². The number of aryl methyl sites for hydroxylation is 1. The van der Waals surface area contributed by atoms with E-state index in [-0.39, 0.29) is 0 Å². The predicted octanol–water partition coefficient (Wildman–Crippen LogP) is 1.72. The highest BCUT2D eigenvalue weighted by Crippen LogP contribution is 2.14. The molecule has 0 aromatic carbocycles. The molecule has 1 rings (SSSR count). The summed E-state index contributed by atoms with van der Waals surface area (Å²) in [6.07, 6.45) is 0.613. The molecular weight excluding hydrogens is 208 g/mol. The van der Waals surface area contributed by atoms with Gasteiger partial charge in [-0.3, -0.25) is 4.79 Å². The molecule has 0 radical (unpaired) electrons. The first-order valence-corrected chi connectivity index (χ1v) is 3.86. The predicted molar refractivity (Wildman–Crippen MR) is 46.4 cm³/mol. The molecule has 0 unspecified atom stereocenters. The minimum Gasteiger partial charge on any atom is -0.313 e. The van der Waals surface area contributed by atoms with Crippen molar-refractivity contribution in [2.75, 3.05) is 5.32 Å². The van der Waals surface area contributed by atoms with Crippen LogP contribution < -0.4 is 5.32 Å². The van der Waals surface area contributed by atoms with E-state index in [1.165, 1.54) is 0 Å². The Morgan fingerprint density at radius 3 is 3.00 bits per heavy atom. The number of nitrogens with zero attached hydrogens (tertiary/aromatic N) is 1. The van der Waals surface area contributed by atoms with E-state index < -0.39 is 0 Å². The monoisotopic (exact) mass is 214 g/mol. The number of hydrogen-bond donors (Lipinski definition) is 1. The van der Waals surface area contributed by atoms with E-state index in [1.807, 2.05) is 19.1 Å². The number of aromatic nitrogens is 1. The van der Waals surface area contributed by atoms with Crippen molar-refractivity contribution >= 4 is 28.2 Å². The molecule has 11 heavy (non-hydrogen) atoms. The number of hydrogen-bond acceptors (Lipinski definition) is 2. The topological polar surface area (TPSA) is 42.0 Å². The standard InChI is InChI=1S/C7H7BrN2O/c1-5-2-3-6(8)10-7(5)9-4-11/h2-4H,1H3,(H,9,10,11). The number of carbonyl (C=O) groups excluding carboxylic acids is 1. The molecule has 0 atom stereocenters. The van der Waals surface area contributed by atoms with Gasteiger partial charge in [-0.1, -0.05) is 6.07 Å². The number of pyridine rings is 1. The molecule has 58 valence electrons. The third-order valence-corrected chi connectivity index (χ3v) is 1.70. The van der Waals surface area contributed by atoms with Crippen molar-refractivity contribution in [3.8, 4) is 0 Å². The van der Waals surface area contributed by atoms with Gasteiger partial charge in [-0.05, 0) is 34.5 Å². The van der Waals surface area contributed by atoms with Crippen molar-refractivity contribution < 1.29 is 4.79 Å².